The summed E-state index contributed by atoms with van der Waals surface area (Å²) in [6.07, 6.45) is 3.30. The fourth-order valence-corrected chi connectivity index (χ4v) is 4.07. The van der Waals surface area contributed by atoms with Crippen LogP contribution in [-0.2, 0) is 11.8 Å². The molecular weight excluding hydrogens is 280 g/mol. The lowest BCUT2D eigenvalue weighted by molar-refractivity contribution is 0.461. The maximum Gasteiger partial charge on any atom is 0.115 e. The minimum absolute atomic E-state index is 0.172. The first-order chi connectivity index (χ1) is 11.3. The second kappa shape index (κ2) is 5.58. The van der Waals surface area contributed by atoms with Crippen LogP contribution in [0.15, 0.2) is 78.9 Å². The van der Waals surface area contributed by atoms with Gasteiger partial charge in [-0.15, -0.1) is 0 Å². The summed E-state index contributed by atoms with van der Waals surface area (Å²) >= 11 is 0. The quantitative estimate of drug-likeness (QED) is 0.701. The highest BCUT2D eigenvalue weighted by molar-refractivity contribution is 5.55. The van der Waals surface area contributed by atoms with Gasteiger partial charge in [-0.05, 0) is 53.6 Å². The van der Waals surface area contributed by atoms with Crippen molar-refractivity contribution in [2.75, 3.05) is 0 Å². The number of aromatic hydroxyl groups is 1. The summed E-state index contributed by atoms with van der Waals surface area (Å²) in [5.41, 5.74) is 5.04. The van der Waals surface area contributed by atoms with E-state index in [4.69, 9.17) is 0 Å². The summed E-state index contributed by atoms with van der Waals surface area (Å²) < 4.78 is 0. The number of benzene rings is 3. The Morgan fingerprint density at radius 2 is 1.35 bits per heavy atom. The van der Waals surface area contributed by atoms with Crippen LogP contribution in [0.5, 0.6) is 5.75 Å². The van der Waals surface area contributed by atoms with Crippen LogP contribution >= 0.6 is 0 Å². The average Bonchev–Trinajstić information content (AvgIpc) is 2.62. The summed E-state index contributed by atoms with van der Waals surface area (Å²) in [5.74, 6) is 0.349. The van der Waals surface area contributed by atoms with Crippen molar-refractivity contribution in [3.8, 4) is 5.75 Å². The first-order valence-corrected chi connectivity index (χ1v) is 8.24. The Bertz CT molecular complexity index is 766. The van der Waals surface area contributed by atoms with Gasteiger partial charge in [-0.3, -0.25) is 0 Å². The third-order valence-corrected chi connectivity index (χ3v) is 5.08. The van der Waals surface area contributed by atoms with Crippen molar-refractivity contribution in [1.82, 2.24) is 0 Å². The number of phenols is 1. The minimum atomic E-state index is -0.172. The molecule has 1 nitrogen and oxygen atoms in total. The third-order valence-electron chi connectivity index (χ3n) is 5.08. The molecule has 1 heteroatoms. The van der Waals surface area contributed by atoms with Crippen LogP contribution in [-0.4, -0.2) is 5.11 Å². The fourth-order valence-electron chi connectivity index (χ4n) is 4.07. The fraction of sp³-hybridized carbons (Fsp3) is 0.182. The zero-order chi connectivity index (χ0) is 15.7. The van der Waals surface area contributed by atoms with Gasteiger partial charge < -0.3 is 5.11 Å². The Kier molecular flexibility index (Phi) is 3.42. The van der Waals surface area contributed by atoms with Gasteiger partial charge in [0.15, 0.2) is 0 Å². The molecule has 0 saturated carbocycles. The minimum Gasteiger partial charge on any atom is -0.508 e. The van der Waals surface area contributed by atoms with Gasteiger partial charge in [0, 0.05) is 5.41 Å². The summed E-state index contributed by atoms with van der Waals surface area (Å²) in [7, 11) is 0. The van der Waals surface area contributed by atoms with E-state index in [9.17, 15) is 5.11 Å². The molecule has 0 heterocycles. The molecule has 1 N–H and O–H groups in total. The smallest absolute Gasteiger partial charge is 0.115 e. The highest BCUT2D eigenvalue weighted by Crippen LogP contribution is 2.48. The molecule has 23 heavy (non-hydrogen) atoms. The van der Waals surface area contributed by atoms with Crippen molar-refractivity contribution in [3.05, 3.63) is 101 Å². The number of aryl methyl sites for hydroxylation is 1. The van der Waals surface area contributed by atoms with E-state index >= 15 is 0 Å². The standard InChI is InChI=1S/C22H20O/c23-20-14-13-17-8-7-15-22(21(17)16-20,18-9-3-1-4-10-18)19-11-5-2-6-12-19/h1-6,9-14,16,23H,7-8,15H2. The van der Waals surface area contributed by atoms with Gasteiger partial charge in [-0.25, -0.2) is 0 Å². The maximum atomic E-state index is 10.1. The molecule has 0 spiro atoms. The van der Waals surface area contributed by atoms with Crippen molar-refractivity contribution in [3.63, 3.8) is 0 Å². The molecule has 0 saturated heterocycles. The van der Waals surface area contributed by atoms with E-state index in [1.165, 1.54) is 22.3 Å². The molecule has 0 unspecified atom stereocenters. The number of fused-ring (bicyclic) bond motifs is 1. The zero-order valence-corrected chi connectivity index (χ0v) is 13.1. The van der Waals surface area contributed by atoms with Gasteiger partial charge in [-0.1, -0.05) is 66.7 Å². The molecule has 1 aliphatic rings. The largest absolute Gasteiger partial charge is 0.508 e. The van der Waals surface area contributed by atoms with Gasteiger partial charge in [-0.2, -0.15) is 0 Å². The number of hydrogen-bond donors (Lipinski definition) is 1. The predicted octanol–water partition coefficient (Wildman–Crippen LogP) is 5.06. The van der Waals surface area contributed by atoms with Crippen LogP contribution in [0, 0.1) is 0 Å². The zero-order valence-electron chi connectivity index (χ0n) is 13.1. The van der Waals surface area contributed by atoms with Gasteiger partial charge in [0.05, 0.1) is 0 Å². The first-order valence-electron chi connectivity index (χ1n) is 8.24. The van der Waals surface area contributed by atoms with E-state index < -0.39 is 0 Å². The van der Waals surface area contributed by atoms with E-state index in [1.54, 1.807) is 0 Å². The molecule has 4 rings (SSSR count). The van der Waals surface area contributed by atoms with Crippen LogP contribution in [0.4, 0.5) is 0 Å². The summed E-state index contributed by atoms with van der Waals surface area (Å²) in [4.78, 5) is 0. The Hall–Kier alpha value is -2.54. The Morgan fingerprint density at radius 1 is 0.739 bits per heavy atom. The summed E-state index contributed by atoms with van der Waals surface area (Å²) in [5, 5.41) is 10.1. The third kappa shape index (κ3) is 2.24. The number of phenolic OH excluding ortho intramolecular Hbond substituents is 1. The van der Waals surface area contributed by atoms with Gasteiger partial charge >= 0.3 is 0 Å². The summed E-state index contributed by atoms with van der Waals surface area (Å²) in [6.45, 7) is 0. The van der Waals surface area contributed by atoms with Crippen molar-refractivity contribution in [1.29, 1.82) is 0 Å². The molecule has 114 valence electrons. The van der Waals surface area contributed by atoms with Crippen molar-refractivity contribution >= 4 is 0 Å². The molecule has 3 aromatic rings. The lowest BCUT2D eigenvalue weighted by Gasteiger charge is -2.40. The van der Waals surface area contributed by atoms with Crippen molar-refractivity contribution in [2.24, 2.45) is 0 Å². The van der Waals surface area contributed by atoms with E-state index in [2.05, 4.69) is 66.7 Å². The highest BCUT2D eigenvalue weighted by atomic mass is 16.3. The number of hydrogen-bond acceptors (Lipinski definition) is 1. The van der Waals surface area contributed by atoms with Crippen LogP contribution in [0.1, 0.15) is 35.1 Å². The molecule has 0 amide bonds. The van der Waals surface area contributed by atoms with Gasteiger partial charge in [0.1, 0.15) is 5.75 Å². The van der Waals surface area contributed by atoms with Crippen LogP contribution in [0.3, 0.4) is 0 Å². The van der Waals surface area contributed by atoms with Crippen molar-refractivity contribution < 1.29 is 5.11 Å². The molecule has 0 aliphatic heterocycles. The van der Waals surface area contributed by atoms with Gasteiger partial charge in [0.2, 0.25) is 0 Å². The molecule has 0 bridgehead atoms. The van der Waals surface area contributed by atoms with Crippen LogP contribution < -0.4 is 0 Å². The molecule has 1 aliphatic carbocycles. The second-order valence-corrected chi connectivity index (χ2v) is 6.33. The van der Waals surface area contributed by atoms with Crippen LogP contribution in [0.2, 0.25) is 0 Å². The Morgan fingerprint density at radius 3 is 1.96 bits per heavy atom. The lowest BCUT2D eigenvalue weighted by atomic mass is 9.62. The second-order valence-electron chi connectivity index (χ2n) is 6.33. The maximum absolute atomic E-state index is 10.1. The topological polar surface area (TPSA) is 20.2 Å². The van der Waals surface area contributed by atoms with E-state index in [0.29, 0.717) is 5.75 Å². The molecule has 0 atom stereocenters. The average molecular weight is 300 g/mol. The molecule has 0 aromatic heterocycles. The van der Waals surface area contributed by atoms with E-state index in [0.717, 1.165) is 19.3 Å². The molecule has 0 radical (unpaired) electrons. The lowest BCUT2D eigenvalue weighted by Crippen LogP contribution is -2.33. The monoisotopic (exact) mass is 300 g/mol. The summed E-state index contributed by atoms with van der Waals surface area (Å²) in [6, 6.07) is 27.3. The van der Waals surface area contributed by atoms with Crippen molar-refractivity contribution in [2.45, 2.75) is 24.7 Å². The number of rotatable bonds is 2. The molecule has 0 fully saturated rings. The Labute approximate surface area is 137 Å². The van der Waals surface area contributed by atoms with E-state index in [-0.39, 0.29) is 5.41 Å². The Balaban J connectivity index is 2.05. The first kappa shape index (κ1) is 14.1. The van der Waals surface area contributed by atoms with Gasteiger partial charge in [0.25, 0.3) is 0 Å². The highest BCUT2D eigenvalue weighted by Gasteiger charge is 2.39. The SMILES string of the molecule is Oc1ccc2c(c1)C(c1ccccc1)(c1ccccc1)CCC2. The predicted molar refractivity (Wildman–Crippen MR) is 93.8 cm³/mol. The van der Waals surface area contributed by atoms with Crippen LogP contribution in [0.25, 0.3) is 0 Å². The van der Waals surface area contributed by atoms with E-state index in [1.807, 2.05) is 12.1 Å². The molecule has 3 aromatic carbocycles. The normalized spacial score (nSPS) is 15.8. The molecular formula is C22H20O.